The summed E-state index contributed by atoms with van der Waals surface area (Å²) in [5.41, 5.74) is 0. The number of piperidine rings is 1. The molecule has 8 heteroatoms. The molecule has 1 aliphatic heterocycles. The molecule has 1 fully saturated rings. The Labute approximate surface area is 147 Å². The van der Waals surface area contributed by atoms with Crippen molar-refractivity contribution in [2.24, 2.45) is 7.05 Å². The minimum atomic E-state index is 0.190. The first-order valence-electron chi connectivity index (χ1n) is 8.98. The van der Waals surface area contributed by atoms with Gasteiger partial charge in [0.1, 0.15) is 12.2 Å². The summed E-state index contributed by atoms with van der Waals surface area (Å²) in [6.07, 6.45) is 5.65. The van der Waals surface area contributed by atoms with Crippen LogP contribution in [-0.4, -0.2) is 48.8 Å². The van der Waals surface area contributed by atoms with Gasteiger partial charge in [-0.05, 0) is 19.3 Å². The Kier molecular flexibility index (Phi) is 5.45. The second kappa shape index (κ2) is 7.76. The molecule has 0 aliphatic carbocycles. The molecule has 1 aliphatic rings. The molecule has 0 N–H and O–H groups in total. The van der Waals surface area contributed by atoms with E-state index in [0.29, 0.717) is 18.7 Å². The predicted molar refractivity (Wildman–Crippen MR) is 90.9 cm³/mol. The number of nitrogens with zero attached hydrogens (tertiary/aromatic N) is 6. The summed E-state index contributed by atoms with van der Waals surface area (Å²) < 4.78 is 7.17. The molecule has 1 amide bonds. The van der Waals surface area contributed by atoms with Crippen LogP contribution in [0.4, 0.5) is 0 Å². The number of amides is 1. The maximum Gasteiger partial charge on any atom is 0.226 e. The highest BCUT2D eigenvalue weighted by molar-refractivity contribution is 5.76. The fourth-order valence-corrected chi connectivity index (χ4v) is 3.23. The van der Waals surface area contributed by atoms with E-state index in [1.165, 1.54) is 0 Å². The number of hydrogen-bond donors (Lipinski definition) is 0. The molecular weight excluding hydrogens is 320 g/mol. The molecule has 0 aromatic carbocycles. The minimum Gasteiger partial charge on any atom is -0.342 e. The average molecular weight is 346 g/mol. The van der Waals surface area contributed by atoms with Gasteiger partial charge in [0.2, 0.25) is 11.8 Å². The van der Waals surface area contributed by atoms with Crippen molar-refractivity contribution in [2.75, 3.05) is 13.1 Å². The number of rotatable bonds is 6. The molecule has 2 aromatic rings. The quantitative estimate of drug-likeness (QED) is 0.795. The van der Waals surface area contributed by atoms with Crippen LogP contribution in [0.1, 0.15) is 68.9 Å². The molecule has 1 saturated heterocycles. The summed E-state index contributed by atoms with van der Waals surface area (Å²) in [6, 6.07) is 0. The van der Waals surface area contributed by atoms with Crippen molar-refractivity contribution in [3.05, 3.63) is 23.9 Å². The summed E-state index contributed by atoms with van der Waals surface area (Å²) in [5, 5.41) is 12.1. The van der Waals surface area contributed by atoms with E-state index in [-0.39, 0.29) is 17.7 Å². The maximum absolute atomic E-state index is 12.5. The zero-order valence-corrected chi connectivity index (χ0v) is 15.2. The number of aromatic nitrogens is 5. The Morgan fingerprint density at radius 2 is 2.28 bits per heavy atom. The average Bonchev–Trinajstić information content (AvgIpc) is 3.24. The molecular formula is C17H26N6O2. The second-order valence-electron chi connectivity index (χ2n) is 7.03. The van der Waals surface area contributed by atoms with Gasteiger partial charge in [-0.3, -0.25) is 4.79 Å². The lowest BCUT2D eigenvalue weighted by Crippen LogP contribution is -2.39. The van der Waals surface area contributed by atoms with E-state index in [0.717, 1.165) is 44.0 Å². The van der Waals surface area contributed by atoms with Crippen molar-refractivity contribution in [1.82, 2.24) is 29.8 Å². The molecule has 1 atom stereocenters. The Hall–Kier alpha value is -2.25. The van der Waals surface area contributed by atoms with Crippen LogP contribution in [0.3, 0.4) is 0 Å². The third-order valence-corrected chi connectivity index (χ3v) is 4.67. The predicted octanol–water partition coefficient (Wildman–Crippen LogP) is 2.05. The monoisotopic (exact) mass is 346 g/mol. The van der Waals surface area contributed by atoms with E-state index in [1.54, 1.807) is 6.33 Å². The summed E-state index contributed by atoms with van der Waals surface area (Å²) in [6.45, 7) is 5.61. The Morgan fingerprint density at radius 3 is 2.96 bits per heavy atom. The van der Waals surface area contributed by atoms with Crippen molar-refractivity contribution in [3.8, 4) is 0 Å². The highest BCUT2D eigenvalue weighted by atomic mass is 16.5. The molecule has 0 spiro atoms. The highest BCUT2D eigenvalue weighted by Crippen LogP contribution is 2.25. The summed E-state index contributed by atoms with van der Waals surface area (Å²) in [5.74, 6) is 3.02. The van der Waals surface area contributed by atoms with Gasteiger partial charge in [0.05, 0.1) is 0 Å². The summed E-state index contributed by atoms with van der Waals surface area (Å²) in [4.78, 5) is 18.8. The van der Waals surface area contributed by atoms with Crippen LogP contribution in [0.5, 0.6) is 0 Å². The van der Waals surface area contributed by atoms with Gasteiger partial charge in [-0.25, -0.2) is 0 Å². The molecule has 3 rings (SSSR count). The van der Waals surface area contributed by atoms with Crippen LogP contribution < -0.4 is 0 Å². The number of aryl methyl sites for hydroxylation is 2. The third-order valence-electron chi connectivity index (χ3n) is 4.67. The minimum absolute atomic E-state index is 0.190. The van der Waals surface area contributed by atoms with Crippen molar-refractivity contribution in [2.45, 2.75) is 57.8 Å². The zero-order chi connectivity index (χ0) is 17.8. The molecule has 136 valence electrons. The van der Waals surface area contributed by atoms with Gasteiger partial charge in [-0.15, -0.1) is 10.2 Å². The van der Waals surface area contributed by atoms with Crippen LogP contribution in [0, 0.1) is 0 Å². The lowest BCUT2D eigenvalue weighted by molar-refractivity contribution is -0.132. The topological polar surface area (TPSA) is 89.9 Å². The lowest BCUT2D eigenvalue weighted by atomic mass is 9.96. The summed E-state index contributed by atoms with van der Waals surface area (Å²) in [7, 11) is 1.95. The number of carbonyl (C=O) groups excluding carboxylic acids is 1. The van der Waals surface area contributed by atoms with Gasteiger partial charge in [-0.2, -0.15) is 4.98 Å². The molecule has 25 heavy (non-hydrogen) atoms. The van der Waals surface area contributed by atoms with Crippen LogP contribution in [0.25, 0.3) is 0 Å². The highest BCUT2D eigenvalue weighted by Gasteiger charge is 2.27. The zero-order valence-electron chi connectivity index (χ0n) is 15.2. The lowest BCUT2D eigenvalue weighted by Gasteiger charge is -2.32. The van der Waals surface area contributed by atoms with Gasteiger partial charge in [-0.1, -0.05) is 19.0 Å². The third kappa shape index (κ3) is 4.24. The molecule has 0 unspecified atom stereocenters. The first-order chi connectivity index (χ1) is 12.0. The largest absolute Gasteiger partial charge is 0.342 e. The number of hydrogen-bond acceptors (Lipinski definition) is 6. The van der Waals surface area contributed by atoms with Crippen molar-refractivity contribution >= 4 is 5.91 Å². The normalized spacial score (nSPS) is 18.1. The molecule has 8 nitrogen and oxygen atoms in total. The molecule has 0 bridgehead atoms. The van der Waals surface area contributed by atoms with Crippen LogP contribution >= 0.6 is 0 Å². The number of likely N-dealkylation sites (tertiary alicyclic amines) is 1. The van der Waals surface area contributed by atoms with E-state index in [1.807, 2.05) is 30.4 Å². The Bertz CT molecular complexity index is 708. The first-order valence-corrected chi connectivity index (χ1v) is 8.98. The van der Waals surface area contributed by atoms with E-state index in [9.17, 15) is 4.79 Å². The summed E-state index contributed by atoms with van der Waals surface area (Å²) >= 11 is 0. The van der Waals surface area contributed by atoms with Gasteiger partial charge < -0.3 is 14.0 Å². The smallest absolute Gasteiger partial charge is 0.226 e. The molecule has 2 aromatic heterocycles. The molecule has 3 heterocycles. The Morgan fingerprint density at radius 1 is 1.44 bits per heavy atom. The SMILES string of the molecule is CC(C)c1noc(CCCC(=O)N2CCC[C@H](c3nncn3C)C2)n1. The van der Waals surface area contributed by atoms with Crippen molar-refractivity contribution in [1.29, 1.82) is 0 Å². The van der Waals surface area contributed by atoms with E-state index in [4.69, 9.17) is 4.52 Å². The van der Waals surface area contributed by atoms with Gasteiger partial charge in [0, 0.05) is 44.8 Å². The standard InChI is InChI=1S/C17H26N6O2/c1-12(2)16-19-14(25-21-16)7-4-8-15(24)23-9-5-6-13(10-23)17-20-18-11-22(17)3/h11-13H,4-10H2,1-3H3/t13-/m0/s1. The van der Waals surface area contributed by atoms with Crippen LogP contribution in [-0.2, 0) is 18.3 Å². The van der Waals surface area contributed by atoms with Crippen LogP contribution in [0.15, 0.2) is 10.9 Å². The van der Waals surface area contributed by atoms with Gasteiger partial charge >= 0.3 is 0 Å². The van der Waals surface area contributed by atoms with Crippen molar-refractivity contribution < 1.29 is 9.32 Å². The fraction of sp³-hybridized carbons (Fsp3) is 0.706. The van der Waals surface area contributed by atoms with E-state index in [2.05, 4.69) is 20.3 Å². The fourth-order valence-electron chi connectivity index (χ4n) is 3.23. The van der Waals surface area contributed by atoms with Crippen molar-refractivity contribution in [3.63, 3.8) is 0 Å². The van der Waals surface area contributed by atoms with Gasteiger partial charge in [0.25, 0.3) is 0 Å². The second-order valence-corrected chi connectivity index (χ2v) is 7.03. The maximum atomic E-state index is 12.5. The molecule has 0 saturated carbocycles. The Balaban J connectivity index is 1.48. The van der Waals surface area contributed by atoms with Crippen LogP contribution in [0.2, 0.25) is 0 Å². The van der Waals surface area contributed by atoms with Gasteiger partial charge in [0.15, 0.2) is 5.82 Å². The molecule has 0 radical (unpaired) electrons. The number of carbonyl (C=O) groups is 1. The van der Waals surface area contributed by atoms with E-state index >= 15 is 0 Å². The first kappa shape index (κ1) is 17.6. The van der Waals surface area contributed by atoms with E-state index < -0.39 is 0 Å².